The number of thiocarbonyl (C=S) groups is 1. The van der Waals surface area contributed by atoms with Crippen LogP contribution in [0.2, 0.25) is 0 Å². The van der Waals surface area contributed by atoms with Crippen LogP contribution in [0.15, 0.2) is 53.3 Å². The van der Waals surface area contributed by atoms with Gasteiger partial charge in [0.1, 0.15) is 0 Å². The number of para-hydroxylation sites is 1. The second kappa shape index (κ2) is 8.98. The number of fused-ring (bicyclic) bond motifs is 1. The molecule has 1 aromatic heterocycles. The Kier molecular flexibility index (Phi) is 6.16. The molecule has 0 spiro atoms. The van der Waals surface area contributed by atoms with Crippen LogP contribution in [0.3, 0.4) is 0 Å². The van der Waals surface area contributed by atoms with Crippen molar-refractivity contribution >= 4 is 33.9 Å². The van der Waals surface area contributed by atoms with Gasteiger partial charge in [0, 0.05) is 29.9 Å². The van der Waals surface area contributed by atoms with Crippen molar-refractivity contribution in [2.24, 2.45) is 0 Å². The number of aromatic nitrogens is 1. The number of pyridine rings is 1. The molecule has 5 nitrogen and oxygen atoms in total. The zero-order chi connectivity index (χ0) is 21.1. The van der Waals surface area contributed by atoms with Crippen LogP contribution >= 0.6 is 12.2 Å². The molecule has 0 radical (unpaired) electrons. The predicted molar refractivity (Wildman–Crippen MR) is 126 cm³/mol. The van der Waals surface area contributed by atoms with Crippen LogP contribution in [0.5, 0.6) is 0 Å². The summed E-state index contributed by atoms with van der Waals surface area (Å²) in [5, 5.41) is 4.93. The van der Waals surface area contributed by atoms with E-state index in [4.69, 9.17) is 17.0 Å². The third kappa shape index (κ3) is 4.71. The summed E-state index contributed by atoms with van der Waals surface area (Å²) in [5.74, 6) is 0. The van der Waals surface area contributed by atoms with Crippen molar-refractivity contribution in [3.8, 4) is 0 Å². The van der Waals surface area contributed by atoms with E-state index in [9.17, 15) is 4.79 Å². The van der Waals surface area contributed by atoms with Gasteiger partial charge in [0.25, 0.3) is 5.56 Å². The summed E-state index contributed by atoms with van der Waals surface area (Å²) in [4.78, 5) is 17.9. The third-order valence-electron chi connectivity index (χ3n) is 5.66. The van der Waals surface area contributed by atoms with E-state index in [0.717, 1.165) is 36.0 Å². The second-order valence-electron chi connectivity index (χ2n) is 7.96. The maximum Gasteiger partial charge on any atom is 0.253 e. The molecule has 1 saturated heterocycles. The molecule has 30 heavy (non-hydrogen) atoms. The summed E-state index contributed by atoms with van der Waals surface area (Å²) in [6.45, 7) is 6.01. The Morgan fingerprint density at radius 3 is 2.70 bits per heavy atom. The van der Waals surface area contributed by atoms with Gasteiger partial charge in [-0.2, -0.15) is 0 Å². The van der Waals surface area contributed by atoms with Crippen LogP contribution in [-0.2, 0) is 11.3 Å². The van der Waals surface area contributed by atoms with Crippen LogP contribution in [-0.4, -0.2) is 34.3 Å². The SMILES string of the molecule is Cc1cc2cc(CN(C[C@H]3CCCO3)C(=S)Nc3ccccc3)c(=O)[nH]c2cc1C. The van der Waals surface area contributed by atoms with Crippen molar-refractivity contribution in [1.29, 1.82) is 0 Å². The Morgan fingerprint density at radius 2 is 1.97 bits per heavy atom. The number of aromatic amines is 1. The Hall–Kier alpha value is -2.70. The number of hydrogen-bond donors (Lipinski definition) is 2. The molecular formula is C24H27N3O2S. The van der Waals surface area contributed by atoms with Crippen LogP contribution in [0.4, 0.5) is 5.69 Å². The van der Waals surface area contributed by atoms with E-state index in [0.29, 0.717) is 23.8 Å². The number of hydrogen-bond acceptors (Lipinski definition) is 3. The molecule has 0 bridgehead atoms. The summed E-state index contributed by atoms with van der Waals surface area (Å²) in [6.07, 6.45) is 2.20. The van der Waals surface area contributed by atoms with Crippen LogP contribution in [0.1, 0.15) is 29.5 Å². The molecule has 2 N–H and O–H groups in total. The van der Waals surface area contributed by atoms with Gasteiger partial charge in [-0.05, 0) is 85.8 Å². The van der Waals surface area contributed by atoms with Crippen molar-refractivity contribution in [2.45, 2.75) is 39.3 Å². The summed E-state index contributed by atoms with van der Waals surface area (Å²) in [7, 11) is 0. The zero-order valence-electron chi connectivity index (χ0n) is 17.4. The van der Waals surface area contributed by atoms with Crippen molar-refractivity contribution in [2.75, 3.05) is 18.5 Å². The highest BCUT2D eigenvalue weighted by atomic mass is 32.1. The average Bonchev–Trinajstić information content (AvgIpc) is 3.23. The number of H-pyrrole nitrogens is 1. The maximum atomic E-state index is 12.8. The van der Waals surface area contributed by atoms with Gasteiger partial charge in [0.2, 0.25) is 0 Å². The first kappa shape index (κ1) is 20.6. The highest BCUT2D eigenvalue weighted by Crippen LogP contribution is 2.20. The molecule has 4 rings (SSSR count). The molecule has 6 heteroatoms. The first-order valence-electron chi connectivity index (χ1n) is 10.4. The van der Waals surface area contributed by atoms with Crippen molar-refractivity contribution in [3.63, 3.8) is 0 Å². The summed E-state index contributed by atoms with van der Waals surface area (Å²) < 4.78 is 5.84. The normalized spacial score (nSPS) is 16.0. The fraction of sp³-hybridized carbons (Fsp3) is 0.333. The first-order chi connectivity index (χ1) is 14.5. The lowest BCUT2D eigenvalue weighted by molar-refractivity contribution is 0.0904. The molecule has 2 heterocycles. The number of nitrogens with one attached hydrogen (secondary N) is 2. The van der Waals surface area contributed by atoms with E-state index in [1.807, 2.05) is 47.4 Å². The summed E-state index contributed by atoms with van der Waals surface area (Å²) >= 11 is 5.72. The quantitative estimate of drug-likeness (QED) is 0.593. The minimum absolute atomic E-state index is 0.0781. The predicted octanol–water partition coefficient (Wildman–Crippen LogP) is 4.52. The molecule has 0 unspecified atom stereocenters. The number of ether oxygens (including phenoxy) is 1. The van der Waals surface area contributed by atoms with Gasteiger partial charge >= 0.3 is 0 Å². The molecule has 1 aliphatic heterocycles. The molecule has 0 amide bonds. The molecule has 1 atom stereocenters. The highest BCUT2D eigenvalue weighted by molar-refractivity contribution is 7.80. The Morgan fingerprint density at radius 1 is 1.20 bits per heavy atom. The van der Waals surface area contributed by atoms with Crippen molar-refractivity contribution in [1.82, 2.24) is 9.88 Å². The lowest BCUT2D eigenvalue weighted by Crippen LogP contribution is -2.40. The zero-order valence-corrected chi connectivity index (χ0v) is 18.2. The van der Waals surface area contributed by atoms with Crippen LogP contribution < -0.4 is 10.9 Å². The molecule has 2 aromatic carbocycles. The fourth-order valence-corrected chi connectivity index (χ4v) is 4.08. The van der Waals surface area contributed by atoms with Gasteiger partial charge in [0.15, 0.2) is 5.11 Å². The second-order valence-corrected chi connectivity index (χ2v) is 8.35. The van der Waals surface area contributed by atoms with Gasteiger partial charge in [-0.3, -0.25) is 4.79 Å². The fourth-order valence-electron chi connectivity index (χ4n) is 3.82. The molecule has 3 aromatic rings. The standard InChI is InChI=1S/C24H27N3O2S/c1-16-11-18-13-19(23(28)26-22(18)12-17(16)2)14-27(15-21-9-6-10-29-21)24(30)25-20-7-4-3-5-8-20/h3-5,7-8,11-13,21H,6,9-10,14-15H2,1-2H3,(H,25,30)(H,26,28)/t21-/m1/s1. The minimum Gasteiger partial charge on any atom is -0.376 e. The maximum absolute atomic E-state index is 12.8. The smallest absolute Gasteiger partial charge is 0.253 e. The van der Waals surface area contributed by atoms with E-state index in [1.165, 1.54) is 11.1 Å². The Labute approximate surface area is 182 Å². The van der Waals surface area contributed by atoms with E-state index in [2.05, 4.69) is 30.2 Å². The van der Waals surface area contributed by atoms with Crippen molar-refractivity contribution < 1.29 is 4.74 Å². The van der Waals surface area contributed by atoms with Gasteiger partial charge < -0.3 is 19.9 Å². The highest BCUT2D eigenvalue weighted by Gasteiger charge is 2.22. The molecule has 1 fully saturated rings. The first-order valence-corrected chi connectivity index (χ1v) is 10.8. The van der Waals surface area contributed by atoms with E-state index in [1.54, 1.807) is 0 Å². The average molecular weight is 422 g/mol. The number of anilines is 1. The molecule has 1 aliphatic rings. The number of aryl methyl sites for hydroxylation is 2. The van der Waals surface area contributed by atoms with E-state index in [-0.39, 0.29) is 11.7 Å². The van der Waals surface area contributed by atoms with Gasteiger partial charge in [-0.1, -0.05) is 18.2 Å². The number of benzene rings is 2. The number of nitrogens with zero attached hydrogens (tertiary/aromatic N) is 1. The summed E-state index contributed by atoms with van der Waals surface area (Å²) in [6, 6.07) is 16.0. The summed E-state index contributed by atoms with van der Waals surface area (Å²) in [5.41, 5.74) is 4.78. The largest absolute Gasteiger partial charge is 0.376 e. The van der Waals surface area contributed by atoms with Gasteiger partial charge in [-0.25, -0.2) is 0 Å². The molecule has 156 valence electrons. The molecule has 0 aliphatic carbocycles. The van der Waals surface area contributed by atoms with E-state index < -0.39 is 0 Å². The van der Waals surface area contributed by atoms with Crippen LogP contribution in [0, 0.1) is 13.8 Å². The van der Waals surface area contributed by atoms with Crippen molar-refractivity contribution in [3.05, 3.63) is 75.6 Å². The van der Waals surface area contributed by atoms with Crippen LogP contribution in [0.25, 0.3) is 10.9 Å². The third-order valence-corrected chi connectivity index (χ3v) is 6.02. The Balaban J connectivity index is 1.61. The van der Waals surface area contributed by atoms with E-state index >= 15 is 0 Å². The monoisotopic (exact) mass is 421 g/mol. The van der Waals surface area contributed by atoms with Gasteiger partial charge in [-0.15, -0.1) is 0 Å². The topological polar surface area (TPSA) is 57.4 Å². The lowest BCUT2D eigenvalue weighted by atomic mass is 10.0. The van der Waals surface area contributed by atoms with Gasteiger partial charge in [0.05, 0.1) is 12.6 Å². The Bertz CT molecular complexity index is 1100. The lowest BCUT2D eigenvalue weighted by Gasteiger charge is -2.28. The number of rotatable bonds is 5. The molecule has 0 saturated carbocycles. The molecular weight excluding hydrogens is 394 g/mol. The minimum atomic E-state index is -0.0781.